The number of hydrogen-bond donors (Lipinski definition) is 1. The zero-order valence-electron chi connectivity index (χ0n) is 12.4. The van der Waals surface area contributed by atoms with Crippen LogP contribution in [0.2, 0.25) is 0 Å². The van der Waals surface area contributed by atoms with Crippen LogP contribution in [0.25, 0.3) is 0 Å². The molecule has 0 aliphatic carbocycles. The quantitative estimate of drug-likeness (QED) is 0.870. The molecule has 0 spiro atoms. The molecule has 2 rings (SSSR count). The topological polar surface area (TPSA) is 38.5 Å². The molecule has 1 aromatic carbocycles. The predicted octanol–water partition coefficient (Wildman–Crippen LogP) is 2.49. The van der Waals surface area contributed by atoms with Gasteiger partial charge in [0.2, 0.25) is 0 Å². The summed E-state index contributed by atoms with van der Waals surface area (Å²) in [6.45, 7) is 5.78. The fourth-order valence-corrected chi connectivity index (χ4v) is 2.82. The van der Waals surface area contributed by atoms with Crippen LogP contribution in [0.5, 0.6) is 0 Å². The number of halogens is 1. The molecular weight excluding hydrogens is 255 g/mol. The van der Waals surface area contributed by atoms with Gasteiger partial charge in [-0.25, -0.2) is 4.39 Å². The Kier molecular flexibility index (Phi) is 5.52. The maximum Gasteiger partial charge on any atom is 0.126 e. The van der Waals surface area contributed by atoms with Gasteiger partial charge in [-0.1, -0.05) is 12.1 Å². The number of nitrogens with two attached hydrogens (primary N) is 1. The number of methoxy groups -OCH3 is 1. The van der Waals surface area contributed by atoms with Gasteiger partial charge in [0.05, 0.1) is 6.61 Å². The van der Waals surface area contributed by atoms with Gasteiger partial charge in [-0.05, 0) is 56.0 Å². The Hall–Kier alpha value is -0.970. The summed E-state index contributed by atoms with van der Waals surface area (Å²) in [4.78, 5) is 2.42. The summed E-state index contributed by atoms with van der Waals surface area (Å²) in [5.74, 6) is 0.479. The van der Waals surface area contributed by atoms with Gasteiger partial charge < -0.3 is 15.4 Å². The van der Waals surface area contributed by atoms with E-state index in [1.165, 1.54) is 6.42 Å². The maximum absolute atomic E-state index is 13.5. The molecule has 1 aromatic rings. The number of benzene rings is 1. The van der Waals surface area contributed by atoms with Crippen LogP contribution in [0.3, 0.4) is 0 Å². The van der Waals surface area contributed by atoms with Crippen LogP contribution >= 0.6 is 0 Å². The van der Waals surface area contributed by atoms with E-state index in [0.717, 1.165) is 38.2 Å². The lowest BCUT2D eigenvalue weighted by molar-refractivity contribution is 0.153. The van der Waals surface area contributed by atoms with E-state index in [9.17, 15) is 4.39 Å². The lowest BCUT2D eigenvalue weighted by atomic mass is 10.0. The van der Waals surface area contributed by atoms with E-state index < -0.39 is 0 Å². The van der Waals surface area contributed by atoms with Gasteiger partial charge in [-0.2, -0.15) is 0 Å². The van der Waals surface area contributed by atoms with Crippen molar-refractivity contribution in [3.05, 3.63) is 35.1 Å². The Morgan fingerprint density at radius 2 is 2.30 bits per heavy atom. The lowest BCUT2D eigenvalue weighted by Gasteiger charge is -2.19. The van der Waals surface area contributed by atoms with Crippen molar-refractivity contribution >= 4 is 0 Å². The highest BCUT2D eigenvalue weighted by atomic mass is 19.1. The van der Waals surface area contributed by atoms with E-state index in [-0.39, 0.29) is 11.9 Å². The SMILES string of the molecule is COCC1CCN(CCC(N)c2ccc(C)c(F)c2)C1. The third kappa shape index (κ3) is 4.01. The number of hydrogen-bond acceptors (Lipinski definition) is 3. The summed E-state index contributed by atoms with van der Waals surface area (Å²) in [6, 6.07) is 5.21. The standard InChI is InChI=1S/C16H25FN2O/c1-12-3-4-14(9-15(12)17)16(18)6-8-19-7-5-13(10-19)11-20-2/h3-4,9,13,16H,5-8,10-11,18H2,1-2H3. The predicted molar refractivity (Wildman–Crippen MR) is 79.1 cm³/mol. The number of rotatable bonds is 6. The minimum atomic E-state index is -0.167. The van der Waals surface area contributed by atoms with Gasteiger partial charge in [-0.3, -0.25) is 0 Å². The highest BCUT2D eigenvalue weighted by Crippen LogP contribution is 2.21. The molecule has 20 heavy (non-hydrogen) atoms. The fraction of sp³-hybridized carbons (Fsp3) is 0.625. The van der Waals surface area contributed by atoms with Crippen molar-refractivity contribution in [3.8, 4) is 0 Å². The van der Waals surface area contributed by atoms with Crippen molar-refractivity contribution in [1.29, 1.82) is 0 Å². The summed E-state index contributed by atoms with van der Waals surface area (Å²) in [6.07, 6.45) is 2.06. The van der Waals surface area contributed by atoms with Crippen molar-refractivity contribution in [2.24, 2.45) is 11.7 Å². The second-order valence-electron chi connectivity index (χ2n) is 5.81. The average molecular weight is 280 g/mol. The Morgan fingerprint density at radius 3 is 3.00 bits per heavy atom. The Labute approximate surface area is 120 Å². The van der Waals surface area contributed by atoms with E-state index in [2.05, 4.69) is 4.90 Å². The second-order valence-corrected chi connectivity index (χ2v) is 5.81. The molecular formula is C16H25FN2O. The molecule has 0 saturated carbocycles. The molecule has 1 aliphatic rings. The number of aryl methyl sites for hydroxylation is 1. The highest BCUT2D eigenvalue weighted by molar-refractivity contribution is 5.25. The molecule has 112 valence electrons. The summed E-state index contributed by atoms with van der Waals surface area (Å²) in [5.41, 5.74) is 7.73. The van der Waals surface area contributed by atoms with E-state index in [1.807, 2.05) is 6.07 Å². The Balaban J connectivity index is 1.80. The van der Waals surface area contributed by atoms with Gasteiger partial charge in [0.15, 0.2) is 0 Å². The van der Waals surface area contributed by atoms with Crippen LogP contribution in [0.15, 0.2) is 18.2 Å². The Morgan fingerprint density at radius 1 is 1.50 bits per heavy atom. The lowest BCUT2D eigenvalue weighted by Crippen LogP contribution is -2.26. The molecule has 1 saturated heterocycles. The van der Waals surface area contributed by atoms with E-state index in [1.54, 1.807) is 26.2 Å². The van der Waals surface area contributed by atoms with Crippen LogP contribution in [0.4, 0.5) is 4.39 Å². The van der Waals surface area contributed by atoms with Gasteiger partial charge >= 0.3 is 0 Å². The number of likely N-dealkylation sites (tertiary alicyclic amines) is 1. The number of ether oxygens (including phenoxy) is 1. The van der Waals surface area contributed by atoms with Crippen molar-refractivity contribution in [1.82, 2.24) is 4.90 Å². The summed E-state index contributed by atoms with van der Waals surface area (Å²) < 4.78 is 18.7. The van der Waals surface area contributed by atoms with Crippen LogP contribution in [0, 0.1) is 18.7 Å². The third-order valence-corrected chi connectivity index (χ3v) is 4.15. The highest BCUT2D eigenvalue weighted by Gasteiger charge is 2.22. The van der Waals surface area contributed by atoms with Crippen molar-refractivity contribution < 1.29 is 9.13 Å². The smallest absolute Gasteiger partial charge is 0.126 e. The molecule has 1 heterocycles. The molecule has 2 unspecified atom stereocenters. The monoisotopic (exact) mass is 280 g/mol. The average Bonchev–Trinajstić information content (AvgIpc) is 2.87. The van der Waals surface area contributed by atoms with E-state index in [0.29, 0.717) is 11.5 Å². The molecule has 0 amide bonds. The van der Waals surface area contributed by atoms with Gasteiger partial charge in [0.25, 0.3) is 0 Å². The second kappa shape index (κ2) is 7.16. The normalized spacial score (nSPS) is 21.3. The molecule has 2 N–H and O–H groups in total. The first kappa shape index (κ1) is 15.4. The molecule has 0 radical (unpaired) electrons. The minimum absolute atomic E-state index is 0.0911. The van der Waals surface area contributed by atoms with E-state index in [4.69, 9.17) is 10.5 Å². The molecule has 2 atom stereocenters. The van der Waals surface area contributed by atoms with Crippen molar-refractivity contribution in [2.75, 3.05) is 33.4 Å². The van der Waals surface area contributed by atoms with Crippen molar-refractivity contribution in [3.63, 3.8) is 0 Å². The summed E-state index contributed by atoms with van der Waals surface area (Å²) >= 11 is 0. The molecule has 4 heteroatoms. The van der Waals surface area contributed by atoms with Crippen LogP contribution < -0.4 is 5.73 Å². The first-order valence-electron chi connectivity index (χ1n) is 7.33. The molecule has 1 aliphatic heterocycles. The van der Waals surface area contributed by atoms with Crippen LogP contribution in [0.1, 0.15) is 30.0 Å². The molecule has 0 aromatic heterocycles. The number of nitrogens with zero attached hydrogens (tertiary/aromatic N) is 1. The van der Waals surface area contributed by atoms with Crippen LogP contribution in [-0.4, -0.2) is 38.3 Å². The summed E-state index contributed by atoms with van der Waals surface area (Å²) in [7, 11) is 1.75. The van der Waals surface area contributed by atoms with Gasteiger partial charge in [0.1, 0.15) is 5.82 Å². The molecule has 3 nitrogen and oxygen atoms in total. The fourth-order valence-electron chi connectivity index (χ4n) is 2.82. The largest absolute Gasteiger partial charge is 0.384 e. The van der Waals surface area contributed by atoms with Crippen LogP contribution in [-0.2, 0) is 4.74 Å². The third-order valence-electron chi connectivity index (χ3n) is 4.15. The molecule has 1 fully saturated rings. The first-order chi connectivity index (χ1) is 9.60. The Bertz CT molecular complexity index is 438. The maximum atomic E-state index is 13.5. The zero-order valence-corrected chi connectivity index (χ0v) is 12.4. The minimum Gasteiger partial charge on any atom is -0.384 e. The summed E-state index contributed by atoms with van der Waals surface area (Å²) in [5, 5.41) is 0. The zero-order chi connectivity index (χ0) is 14.5. The van der Waals surface area contributed by atoms with Gasteiger partial charge in [0, 0.05) is 19.7 Å². The first-order valence-corrected chi connectivity index (χ1v) is 7.33. The van der Waals surface area contributed by atoms with Gasteiger partial charge in [-0.15, -0.1) is 0 Å². The van der Waals surface area contributed by atoms with E-state index >= 15 is 0 Å². The molecule has 0 bridgehead atoms. The van der Waals surface area contributed by atoms with Crippen molar-refractivity contribution in [2.45, 2.75) is 25.8 Å².